The van der Waals surface area contributed by atoms with Crippen LogP contribution < -0.4 is 11.1 Å². The van der Waals surface area contributed by atoms with Crippen molar-refractivity contribution in [3.05, 3.63) is 34.3 Å². The van der Waals surface area contributed by atoms with Crippen molar-refractivity contribution in [1.29, 1.82) is 0 Å². The molecular formula is C10H11ClN2O. The highest BCUT2D eigenvalue weighted by Gasteiger charge is 2.21. The number of primary amides is 1. The lowest BCUT2D eigenvalue weighted by molar-refractivity contribution is -0.120. The van der Waals surface area contributed by atoms with Crippen LogP contribution in [0.1, 0.15) is 11.1 Å². The van der Waals surface area contributed by atoms with E-state index in [9.17, 15) is 4.79 Å². The first-order chi connectivity index (χ1) is 6.66. The summed E-state index contributed by atoms with van der Waals surface area (Å²) in [5, 5.41) is 3.79. The zero-order chi connectivity index (χ0) is 10.1. The van der Waals surface area contributed by atoms with E-state index in [1.54, 1.807) is 0 Å². The number of amides is 1. The Morgan fingerprint density at radius 1 is 1.50 bits per heavy atom. The Hall–Kier alpha value is -1.06. The van der Waals surface area contributed by atoms with Crippen LogP contribution in [0.25, 0.3) is 0 Å². The topological polar surface area (TPSA) is 55.1 Å². The van der Waals surface area contributed by atoms with E-state index in [-0.39, 0.29) is 11.9 Å². The Labute approximate surface area is 87.2 Å². The molecule has 3 nitrogen and oxygen atoms in total. The van der Waals surface area contributed by atoms with Crippen molar-refractivity contribution < 1.29 is 4.79 Å². The number of nitrogens with one attached hydrogen (secondary N) is 1. The fraction of sp³-hybridized carbons (Fsp3) is 0.300. The second-order valence-corrected chi connectivity index (χ2v) is 3.89. The molecule has 0 bridgehead atoms. The highest BCUT2D eigenvalue weighted by atomic mass is 35.5. The number of halogens is 1. The highest BCUT2D eigenvalue weighted by molar-refractivity contribution is 6.30. The minimum absolute atomic E-state index is 0.247. The molecular weight excluding hydrogens is 200 g/mol. The smallest absolute Gasteiger partial charge is 0.234 e. The molecule has 0 unspecified atom stereocenters. The van der Waals surface area contributed by atoms with E-state index >= 15 is 0 Å². The summed E-state index contributed by atoms with van der Waals surface area (Å²) in [6.45, 7) is 0.656. The molecule has 0 fully saturated rings. The quantitative estimate of drug-likeness (QED) is 0.722. The van der Waals surface area contributed by atoms with Gasteiger partial charge in [0.05, 0.1) is 6.04 Å². The molecule has 4 heteroatoms. The van der Waals surface area contributed by atoms with E-state index < -0.39 is 0 Å². The van der Waals surface area contributed by atoms with Gasteiger partial charge in [-0.1, -0.05) is 17.7 Å². The molecule has 1 amide bonds. The first kappa shape index (κ1) is 9.49. The molecule has 1 aliphatic heterocycles. The van der Waals surface area contributed by atoms with Gasteiger partial charge in [0, 0.05) is 11.6 Å². The summed E-state index contributed by atoms with van der Waals surface area (Å²) in [6, 6.07) is 5.46. The molecule has 2 rings (SSSR count). The fourth-order valence-electron chi connectivity index (χ4n) is 1.68. The molecule has 0 spiro atoms. The molecule has 0 aromatic heterocycles. The van der Waals surface area contributed by atoms with Crippen molar-refractivity contribution >= 4 is 17.5 Å². The lowest BCUT2D eigenvalue weighted by atomic mass is 9.96. The molecule has 0 radical (unpaired) electrons. The van der Waals surface area contributed by atoms with Crippen molar-refractivity contribution in [3.8, 4) is 0 Å². The third kappa shape index (κ3) is 1.74. The van der Waals surface area contributed by atoms with Gasteiger partial charge in [0.2, 0.25) is 5.91 Å². The number of benzene rings is 1. The van der Waals surface area contributed by atoms with E-state index in [2.05, 4.69) is 5.32 Å². The molecule has 1 aliphatic rings. The zero-order valence-corrected chi connectivity index (χ0v) is 8.34. The largest absolute Gasteiger partial charge is 0.368 e. The summed E-state index contributed by atoms with van der Waals surface area (Å²) in [5.74, 6) is -0.300. The van der Waals surface area contributed by atoms with Gasteiger partial charge in [0.1, 0.15) is 0 Å². The van der Waals surface area contributed by atoms with E-state index in [1.165, 1.54) is 0 Å². The maximum absolute atomic E-state index is 11.0. The molecule has 1 atom stereocenters. The van der Waals surface area contributed by atoms with Crippen LogP contribution in [0, 0.1) is 0 Å². The molecule has 0 saturated heterocycles. The Balaban J connectivity index is 2.27. The number of nitrogens with two attached hydrogens (primary N) is 1. The lowest BCUT2D eigenvalue weighted by Gasteiger charge is -2.23. The first-order valence-electron chi connectivity index (χ1n) is 4.47. The minimum atomic E-state index is -0.300. The third-order valence-electron chi connectivity index (χ3n) is 2.47. The molecule has 74 valence electrons. The summed E-state index contributed by atoms with van der Waals surface area (Å²) in [4.78, 5) is 11.0. The maximum Gasteiger partial charge on any atom is 0.234 e. The summed E-state index contributed by atoms with van der Waals surface area (Å²) in [7, 11) is 0. The zero-order valence-electron chi connectivity index (χ0n) is 7.59. The molecule has 14 heavy (non-hydrogen) atoms. The van der Waals surface area contributed by atoms with Crippen LogP contribution in [0.3, 0.4) is 0 Å². The Morgan fingerprint density at radius 3 is 3.00 bits per heavy atom. The van der Waals surface area contributed by atoms with Crippen LogP contribution in [-0.4, -0.2) is 11.9 Å². The molecule has 1 aromatic rings. The second-order valence-electron chi connectivity index (χ2n) is 3.45. The van der Waals surface area contributed by atoms with Crippen molar-refractivity contribution in [2.75, 3.05) is 0 Å². The van der Waals surface area contributed by atoms with Crippen molar-refractivity contribution in [2.45, 2.75) is 19.0 Å². The van der Waals surface area contributed by atoms with E-state index in [0.717, 1.165) is 16.1 Å². The van der Waals surface area contributed by atoms with Gasteiger partial charge >= 0.3 is 0 Å². The van der Waals surface area contributed by atoms with Crippen LogP contribution in [0.2, 0.25) is 5.02 Å². The standard InChI is InChI=1S/C10H11ClN2O/c11-8-2-1-6-4-9(10(12)14)13-5-7(6)3-8/h1-3,9,13H,4-5H2,(H2,12,14)/t9-/m0/s1. The van der Waals surface area contributed by atoms with Crippen molar-refractivity contribution in [1.82, 2.24) is 5.32 Å². The van der Waals surface area contributed by atoms with Gasteiger partial charge in [0.25, 0.3) is 0 Å². The molecule has 1 heterocycles. The van der Waals surface area contributed by atoms with Crippen molar-refractivity contribution in [2.24, 2.45) is 5.73 Å². The Morgan fingerprint density at radius 2 is 2.29 bits per heavy atom. The van der Waals surface area contributed by atoms with Gasteiger partial charge in [-0.25, -0.2) is 0 Å². The maximum atomic E-state index is 11.0. The van der Waals surface area contributed by atoms with E-state index in [1.807, 2.05) is 18.2 Å². The highest BCUT2D eigenvalue weighted by Crippen LogP contribution is 2.20. The second kappa shape index (κ2) is 3.59. The Kier molecular flexibility index (Phi) is 2.44. The number of fused-ring (bicyclic) bond motifs is 1. The summed E-state index contributed by atoms with van der Waals surface area (Å²) in [6.07, 6.45) is 0.655. The van der Waals surface area contributed by atoms with Gasteiger partial charge in [-0.05, 0) is 29.7 Å². The number of carbonyl (C=O) groups is 1. The average Bonchev–Trinajstić information content (AvgIpc) is 2.16. The predicted molar refractivity (Wildman–Crippen MR) is 55.0 cm³/mol. The van der Waals surface area contributed by atoms with Crippen molar-refractivity contribution in [3.63, 3.8) is 0 Å². The normalized spacial score (nSPS) is 20.2. The summed E-state index contributed by atoms with van der Waals surface area (Å²) in [5.41, 5.74) is 7.52. The number of hydrogen-bond donors (Lipinski definition) is 2. The number of carbonyl (C=O) groups excluding carboxylic acids is 1. The van der Waals surface area contributed by atoms with Gasteiger partial charge in [-0.15, -0.1) is 0 Å². The van der Waals surface area contributed by atoms with E-state index in [0.29, 0.717) is 13.0 Å². The summed E-state index contributed by atoms with van der Waals surface area (Å²) < 4.78 is 0. The average molecular weight is 211 g/mol. The predicted octanol–water partition coefficient (Wildman–Crippen LogP) is 0.840. The molecule has 0 aliphatic carbocycles. The minimum Gasteiger partial charge on any atom is -0.368 e. The number of hydrogen-bond acceptors (Lipinski definition) is 2. The monoisotopic (exact) mass is 210 g/mol. The first-order valence-corrected chi connectivity index (χ1v) is 4.84. The van der Waals surface area contributed by atoms with Gasteiger partial charge in [0.15, 0.2) is 0 Å². The van der Waals surface area contributed by atoms with E-state index in [4.69, 9.17) is 17.3 Å². The summed E-state index contributed by atoms with van der Waals surface area (Å²) >= 11 is 5.86. The van der Waals surface area contributed by atoms with Crippen LogP contribution in [0.5, 0.6) is 0 Å². The van der Waals surface area contributed by atoms with Gasteiger partial charge in [-0.3, -0.25) is 4.79 Å². The fourth-order valence-corrected chi connectivity index (χ4v) is 1.88. The third-order valence-corrected chi connectivity index (χ3v) is 2.71. The molecule has 3 N–H and O–H groups in total. The number of rotatable bonds is 1. The van der Waals surface area contributed by atoms with Crippen LogP contribution >= 0.6 is 11.6 Å². The lowest BCUT2D eigenvalue weighted by Crippen LogP contribution is -2.45. The van der Waals surface area contributed by atoms with Crippen LogP contribution in [0.15, 0.2) is 18.2 Å². The SMILES string of the molecule is NC(=O)[C@@H]1Cc2ccc(Cl)cc2CN1. The molecule has 0 saturated carbocycles. The Bertz CT molecular complexity index is 378. The van der Waals surface area contributed by atoms with Crippen LogP contribution in [-0.2, 0) is 17.8 Å². The van der Waals surface area contributed by atoms with Crippen LogP contribution in [0.4, 0.5) is 0 Å². The van der Waals surface area contributed by atoms with Gasteiger partial charge < -0.3 is 11.1 Å². The molecule has 1 aromatic carbocycles. The van der Waals surface area contributed by atoms with Gasteiger partial charge in [-0.2, -0.15) is 0 Å².